The zero-order valence-electron chi connectivity index (χ0n) is 27.4. The normalized spacial score (nSPS) is 16.6. The Morgan fingerprint density at radius 1 is 0.429 bits per heavy atom. The van der Waals surface area contributed by atoms with Crippen molar-refractivity contribution in [3.05, 3.63) is 169 Å². The first kappa shape index (κ1) is 29.3. The van der Waals surface area contributed by atoms with Crippen molar-refractivity contribution in [3.8, 4) is 56.2 Å². The molecule has 3 nitrogen and oxygen atoms in total. The minimum Gasteiger partial charge on any atom is -0.338 e. The maximum Gasteiger partial charge on any atom is 0.160 e. The average Bonchev–Trinajstić information content (AvgIpc) is 3.53. The zero-order chi connectivity index (χ0) is 32.6. The van der Waals surface area contributed by atoms with Crippen LogP contribution in [0.4, 0.5) is 11.4 Å². The maximum absolute atomic E-state index is 5.18. The molecule has 2 heterocycles. The van der Waals surface area contributed by atoms with Crippen LogP contribution in [0.15, 0.2) is 164 Å². The van der Waals surface area contributed by atoms with Crippen LogP contribution in [0.3, 0.4) is 0 Å². The van der Waals surface area contributed by atoms with Crippen LogP contribution in [0.5, 0.6) is 0 Å². The Kier molecular flexibility index (Phi) is 7.59. The molecule has 1 aliphatic carbocycles. The van der Waals surface area contributed by atoms with Gasteiger partial charge in [-0.15, -0.1) is 0 Å². The number of anilines is 2. The molecule has 2 unspecified atom stereocenters. The SMILES string of the molecule is c1ccc(-c2cc(-c3ccc(N4c5ccccc5C5CCCCC54)cc3)cc(-c3cc(-c4ccccc4)nc(-c4ccccc4)n3)c2)cc1. The second kappa shape index (κ2) is 12.7. The number of fused-ring (bicyclic) bond motifs is 3. The molecule has 0 radical (unpaired) electrons. The molecule has 1 aromatic heterocycles. The van der Waals surface area contributed by atoms with Crippen molar-refractivity contribution in [1.82, 2.24) is 9.97 Å². The van der Waals surface area contributed by atoms with E-state index >= 15 is 0 Å². The van der Waals surface area contributed by atoms with E-state index in [9.17, 15) is 0 Å². The van der Waals surface area contributed by atoms with Crippen LogP contribution >= 0.6 is 0 Å². The molecule has 2 atom stereocenters. The molecular weight excluding hydrogens is 595 g/mol. The monoisotopic (exact) mass is 631 g/mol. The summed E-state index contributed by atoms with van der Waals surface area (Å²) in [4.78, 5) is 12.8. The van der Waals surface area contributed by atoms with Crippen LogP contribution < -0.4 is 4.90 Å². The number of benzene rings is 6. The summed E-state index contributed by atoms with van der Waals surface area (Å²) in [6.45, 7) is 0. The summed E-state index contributed by atoms with van der Waals surface area (Å²) in [6, 6.07) is 59.2. The van der Waals surface area contributed by atoms with Gasteiger partial charge in [-0.1, -0.05) is 134 Å². The minimum absolute atomic E-state index is 0.542. The molecule has 1 fully saturated rings. The van der Waals surface area contributed by atoms with Gasteiger partial charge in [-0.25, -0.2) is 9.97 Å². The molecule has 0 saturated heterocycles. The Bertz CT molecular complexity index is 2170. The molecule has 6 aromatic carbocycles. The number of aromatic nitrogens is 2. The van der Waals surface area contributed by atoms with Gasteiger partial charge in [0, 0.05) is 40.0 Å². The van der Waals surface area contributed by atoms with Gasteiger partial charge < -0.3 is 4.90 Å². The van der Waals surface area contributed by atoms with E-state index in [1.54, 1.807) is 0 Å². The highest BCUT2D eigenvalue weighted by atomic mass is 15.2. The van der Waals surface area contributed by atoms with Crippen molar-refractivity contribution in [1.29, 1.82) is 0 Å². The van der Waals surface area contributed by atoms with E-state index in [4.69, 9.17) is 9.97 Å². The van der Waals surface area contributed by atoms with E-state index in [2.05, 4.69) is 144 Å². The standard InChI is InChI=1S/C46H37N3/c1-4-14-32(15-5-1)36-28-37(33-24-26-39(27-25-33)49-44-22-12-10-20-40(44)41-21-11-13-23-45(41)49)30-38(29-36)43-31-42(34-16-6-2-7-17-34)47-46(48-43)35-18-8-3-9-19-35/h1-10,12,14-20,22,24-31,41,45H,11,13,21,23H2. The van der Waals surface area contributed by atoms with Crippen molar-refractivity contribution >= 4 is 11.4 Å². The van der Waals surface area contributed by atoms with Crippen LogP contribution in [0.25, 0.3) is 56.2 Å². The van der Waals surface area contributed by atoms with E-state index in [1.807, 2.05) is 24.3 Å². The topological polar surface area (TPSA) is 29.0 Å². The molecule has 0 N–H and O–H groups in total. The molecule has 0 amide bonds. The van der Waals surface area contributed by atoms with Crippen LogP contribution in [0.1, 0.15) is 37.2 Å². The van der Waals surface area contributed by atoms with Crippen LogP contribution in [-0.4, -0.2) is 16.0 Å². The van der Waals surface area contributed by atoms with Gasteiger partial charge >= 0.3 is 0 Å². The lowest BCUT2D eigenvalue weighted by Gasteiger charge is -2.33. The number of para-hydroxylation sites is 1. The molecule has 3 heteroatoms. The summed E-state index contributed by atoms with van der Waals surface area (Å²) >= 11 is 0. The lowest BCUT2D eigenvalue weighted by atomic mass is 9.82. The summed E-state index contributed by atoms with van der Waals surface area (Å²) in [5.74, 6) is 1.35. The molecule has 1 saturated carbocycles. The predicted molar refractivity (Wildman–Crippen MR) is 203 cm³/mol. The van der Waals surface area contributed by atoms with Gasteiger partial charge in [-0.3, -0.25) is 0 Å². The summed E-state index contributed by atoms with van der Waals surface area (Å²) in [7, 11) is 0. The first-order valence-corrected chi connectivity index (χ1v) is 17.5. The fourth-order valence-electron chi connectivity index (χ4n) is 7.93. The third-order valence-electron chi connectivity index (χ3n) is 10.3. The second-order valence-corrected chi connectivity index (χ2v) is 13.3. The lowest BCUT2D eigenvalue weighted by molar-refractivity contribution is 0.402. The number of rotatable bonds is 6. The summed E-state index contributed by atoms with van der Waals surface area (Å²) < 4.78 is 0. The van der Waals surface area contributed by atoms with Crippen LogP contribution in [0, 0.1) is 0 Å². The lowest BCUT2D eigenvalue weighted by Crippen LogP contribution is -2.32. The van der Waals surface area contributed by atoms with E-state index in [0.717, 1.165) is 39.5 Å². The average molecular weight is 632 g/mol. The highest BCUT2D eigenvalue weighted by Gasteiger charge is 2.40. The Hall–Kier alpha value is -5.80. The molecular formula is C46H37N3. The third-order valence-corrected chi connectivity index (χ3v) is 10.3. The first-order valence-electron chi connectivity index (χ1n) is 17.5. The fraction of sp³-hybridized carbons (Fsp3) is 0.130. The molecule has 2 aliphatic rings. The van der Waals surface area contributed by atoms with Crippen molar-refractivity contribution in [2.75, 3.05) is 4.90 Å². The Balaban J connectivity index is 1.16. The van der Waals surface area contributed by atoms with E-state index < -0.39 is 0 Å². The minimum atomic E-state index is 0.542. The summed E-state index contributed by atoms with van der Waals surface area (Å²) in [5.41, 5.74) is 13.8. The summed E-state index contributed by atoms with van der Waals surface area (Å²) in [6.07, 6.45) is 5.17. The first-order chi connectivity index (χ1) is 24.3. The molecule has 0 spiro atoms. The van der Waals surface area contributed by atoms with Crippen molar-refractivity contribution < 1.29 is 0 Å². The highest BCUT2D eigenvalue weighted by molar-refractivity contribution is 5.83. The van der Waals surface area contributed by atoms with Crippen molar-refractivity contribution in [3.63, 3.8) is 0 Å². The molecule has 0 bridgehead atoms. The molecule has 236 valence electrons. The van der Waals surface area contributed by atoms with Crippen molar-refractivity contribution in [2.45, 2.75) is 37.6 Å². The van der Waals surface area contributed by atoms with Gasteiger partial charge in [0.2, 0.25) is 0 Å². The number of hydrogen-bond donors (Lipinski definition) is 0. The fourth-order valence-corrected chi connectivity index (χ4v) is 7.93. The Morgan fingerprint density at radius 3 is 1.65 bits per heavy atom. The number of hydrogen-bond acceptors (Lipinski definition) is 3. The summed E-state index contributed by atoms with van der Waals surface area (Å²) in [5, 5.41) is 0. The quantitative estimate of drug-likeness (QED) is 0.183. The van der Waals surface area contributed by atoms with Crippen LogP contribution in [0.2, 0.25) is 0 Å². The highest BCUT2D eigenvalue weighted by Crippen LogP contribution is 2.51. The molecule has 49 heavy (non-hydrogen) atoms. The van der Waals surface area contributed by atoms with E-state index in [0.29, 0.717) is 12.0 Å². The van der Waals surface area contributed by atoms with Crippen molar-refractivity contribution in [2.24, 2.45) is 0 Å². The van der Waals surface area contributed by atoms with Gasteiger partial charge in [0.1, 0.15) is 0 Å². The number of nitrogens with zero attached hydrogens (tertiary/aromatic N) is 3. The van der Waals surface area contributed by atoms with E-state index in [1.165, 1.54) is 59.3 Å². The van der Waals surface area contributed by atoms with Gasteiger partial charge in [-0.05, 0) is 83.1 Å². The second-order valence-electron chi connectivity index (χ2n) is 13.3. The molecule has 1 aliphatic heterocycles. The maximum atomic E-state index is 5.18. The predicted octanol–water partition coefficient (Wildman–Crippen LogP) is 12.0. The third kappa shape index (κ3) is 5.62. The van der Waals surface area contributed by atoms with E-state index in [-0.39, 0.29) is 0 Å². The smallest absolute Gasteiger partial charge is 0.160 e. The largest absolute Gasteiger partial charge is 0.338 e. The molecule has 7 aromatic rings. The Morgan fingerprint density at radius 2 is 0.959 bits per heavy atom. The van der Waals surface area contributed by atoms with Crippen LogP contribution in [-0.2, 0) is 0 Å². The van der Waals surface area contributed by atoms with Gasteiger partial charge in [0.05, 0.1) is 11.4 Å². The molecule has 9 rings (SSSR count). The van der Waals surface area contributed by atoms with Gasteiger partial charge in [0.25, 0.3) is 0 Å². The Labute approximate surface area is 288 Å². The zero-order valence-corrected chi connectivity index (χ0v) is 27.4. The van der Waals surface area contributed by atoms with Gasteiger partial charge in [-0.2, -0.15) is 0 Å². The van der Waals surface area contributed by atoms with Gasteiger partial charge in [0.15, 0.2) is 5.82 Å².